The highest BCUT2D eigenvalue weighted by Gasteiger charge is 2.08. The van der Waals surface area contributed by atoms with Gasteiger partial charge in [-0.3, -0.25) is 0 Å². The molecule has 0 bridgehead atoms. The molecule has 0 fully saturated rings. The predicted molar refractivity (Wildman–Crippen MR) is 80.2 cm³/mol. The number of hydrogen-bond acceptors (Lipinski definition) is 3. The van der Waals surface area contributed by atoms with E-state index in [1.54, 1.807) is 25.3 Å². The molecule has 0 aliphatic rings. The molecule has 2 aromatic rings. The lowest BCUT2D eigenvalue weighted by Gasteiger charge is -2.13. The van der Waals surface area contributed by atoms with E-state index in [1.807, 2.05) is 32.0 Å². The van der Waals surface area contributed by atoms with Gasteiger partial charge in [-0.2, -0.15) is 0 Å². The van der Waals surface area contributed by atoms with Crippen LogP contribution in [-0.2, 0) is 6.61 Å². The van der Waals surface area contributed by atoms with Crippen LogP contribution in [-0.4, -0.2) is 18.2 Å². The van der Waals surface area contributed by atoms with Crippen LogP contribution in [0.3, 0.4) is 0 Å². The van der Waals surface area contributed by atoms with Crippen molar-refractivity contribution in [3.63, 3.8) is 0 Å². The zero-order valence-electron chi connectivity index (χ0n) is 12.3. The Morgan fingerprint density at radius 3 is 2.48 bits per heavy atom. The molecule has 0 atom stereocenters. The Morgan fingerprint density at radius 1 is 1.10 bits per heavy atom. The molecule has 0 unspecified atom stereocenters. The van der Waals surface area contributed by atoms with Crippen LogP contribution < -0.4 is 9.47 Å². The zero-order chi connectivity index (χ0) is 15.4. The average Bonchev–Trinajstić information content (AvgIpc) is 2.46. The van der Waals surface area contributed by atoms with E-state index in [0.29, 0.717) is 18.1 Å². The Bertz CT molecular complexity index is 662. The molecule has 0 saturated carbocycles. The van der Waals surface area contributed by atoms with Crippen LogP contribution in [0, 0.1) is 13.8 Å². The smallest absolute Gasteiger partial charge is 0.335 e. The fourth-order valence-corrected chi connectivity index (χ4v) is 2.04. The van der Waals surface area contributed by atoms with E-state index in [2.05, 4.69) is 0 Å². The second-order valence-corrected chi connectivity index (χ2v) is 4.89. The van der Waals surface area contributed by atoms with Gasteiger partial charge in [-0.1, -0.05) is 12.1 Å². The minimum Gasteiger partial charge on any atom is -0.493 e. The number of ether oxygens (including phenoxy) is 2. The van der Waals surface area contributed by atoms with Crippen molar-refractivity contribution < 1.29 is 19.4 Å². The van der Waals surface area contributed by atoms with Gasteiger partial charge in [0.1, 0.15) is 6.61 Å². The first-order valence-corrected chi connectivity index (χ1v) is 6.61. The van der Waals surface area contributed by atoms with E-state index in [-0.39, 0.29) is 5.56 Å². The van der Waals surface area contributed by atoms with Crippen molar-refractivity contribution in [2.24, 2.45) is 0 Å². The molecule has 1 N–H and O–H groups in total. The first-order chi connectivity index (χ1) is 10.0. The summed E-state index contributed by atoms with van der Waals surface area (Å²) in [7, 11) is 1.61. The predicted octanol–water partition coefficient (Wildman–Crippen LogP) is 3.59. The third kappa shape index (κ3) is 3.54. The normalized spacial score (nSPS) is 10.2. The number of carbonyl (C=O) groups is 1. The van der Waals surface area contributed by atoms with Gasteiger partial charge in [-0.25, -0.2) is 4.79 Å². The van der Waals surface area contributed by atoms with Gasteiger partial charge in [0.2, 0.25) is 0 Å². The van der Waals surface area contributed by atoms with Crippen LogP contribution >= 0.6 is 0 Å². The van der Waals surface area contributed by atoms with Crippen molar-refractivity contribution in [3.8, 4) is 11.5 Å². The Hall–Kier alpha value is -2.49. The fourth-order valence-electron chi connectivity index (χ4n) is 2.04. The van der Waals surface area contributed by atoms with Crippen molar-refractivity contribution in [2.45, 2.75) is 20.5 Å². The molecule has 2 aromatic carbocycles. The summed E-state index contributed by atoms with van der Waals surface area (Å²) in [6.07, 6.45) is 0. The molecule has 0 heterocycles. The standard InChI is InChI=1S/C17H18O4/c1-11-4-7-15(16(8-11)20-3)21-10-14-6-5-13(17(18)19)9-12(14)2/h4-9H,10H2,1-3H3,(H,18,19). The largest absolute Gasteiger partial charge is 0.493 e. The highest BCUT2D eigenvalue weighted by molar-refractivity contribution is 5.87. The maximum Gasteiger partial charge on any atom is 0.335 e. The number of methoxy groups -OCH3 is 1. The average molecular weight is 286 g/mol. The van der Waals surface area contributed by atoms with Crippen LogP contribution in [0.2, 0.25) is 0 Å². The van der Waals surface area contributed by atoms with E-state index in [4.69, 9.17) is 14.6 Å². The number of benzene rings is 2. The van der Waals surface area contributed by atoms with Crippen LogP contribution in [0.5, 0.6) is 11.5 Å². The van der Waals surface area contributed by atoms with Gasteiger partial charge in [0.15, 0.2) is 11.5 Å². The highest BCUT2D eigenvalue weighted by atomic mass is 16.5. The highest BCUT2D eigenvalue weighted by Crippen LogP contribution is 2.28. The molecule has 0 aromatic heterocycles. The summed E-state index contributed by atoms with van der Waals surface area (Å²) in [5.41, 5.74) is 3.22. The number of carboxylic acids is 1. The fraction of sp³-hybridized carbons (Fsp3) is 0.235. The molecule has 110 valence electrons. The molecule has 0 aliphatic carbocycles. The van der Waals surface area contributed by atoms with Gasteiger partial charge in [0, 0.05) is 0 Å². The molecule has 4 nitrogen and oxygen atoms in total. The molecule has 0 aliphatic heterocycles. The Labute approximate surface area is 123 Å². The first kappa shape index (κ1) is 14.9. The molecule has 4 heteroatoms. The first-order valence-electron chi connectivity index (χ1n) is 6.61. The summed E-state index contributed by atoms with van der Waals surface area (Å²) >= 11 is 0. The topological polar surface area (TPSA) is 55.8 Å². The van der Waals surface area contributed by atoms with Gasteiger partial charge >= 0.3 is 5.97 Å². The van der Waals surface area contributed by atoms with Gasteiger partial charge in [-0.15, -0.1) is 0 Å². The summed E-state index contributed by atoms with van der Waals surface area (Å²) in [4.78, 5) is 10.9. The van der Waals surface area contributed by atoms with E-state index in [1.165, 1.54) is 0 Å². The Morgan fingerprint density at radius 2 is 1.86 bits per heavy atom. The van der Waals surface area contributed by atoms with E-state index >= 15 is 0 Å². The van der Waals surface area contributed by atoms with Gasteiger partial charge in [0.05, 0.1) is 12.7 Å². The quantitative estimate of drug-likeness (QED) is 0.912. The third-order valence-corrected chi connectivity index (χ3v) is 3.29. The lowest BCUT2D eigenvalue weighted by Crippen LogP contribution is -2.02. The SMILES string of the molecule is COc1cc(C)ccc1OCc1ccc(C(=O)O)cc1C. The van der Waals surface area contributed by atoms with Crippen LogP contribution in [0.15, 0.2) is 36.4 Å². The van der Waals surface area contributed by atoms with Crippen LogP contribution in [0.25, 0.3) is 0 Å². The Kier molecular flexibility index (Phi) is 4.48. The van der Waals surface area contributed by atoms with Crippen LogP contribution in [0.1, 0.15) is 27.0 Å². The van der Waals surface area contributed by atoms with Crippen LogP contribution in [0.4, 0.5) is 0 Å². The lowest BCUT2D eigenvalue weighted by molar-refractivity contribution is 0.0696. The summed E-state index contributed by atoms with van der Waals surface area (Å²) in [6.45, 7) is 4.23. The molecule has 2 rings (SSSR count). The van der Waals surface area contributed by atoms with Crippen molar-refractivity contribution in [3.05, 3.63) is 58.7 Å². The second-order valence-electron chi connectivity index (χ2n) is 4.89. The molecule has 0 radical (unpaired) electrons. The van der Waals surface area contributed by atoms with Gasteiger partial charge in [-0.05, 0) is 54.8 Å². The summed E-state index contributed by atoms with van der Waals surface area (Å²) in [5.74, 6) is 0.436. The minimum absolute atomic E-state index is 0.282. The molecular weight excluding hydrogens is 268 g/mol. The van der Waals surface area contributed by atoms with Crippen molar-refractivity contribution in [1.29, 1.82) is 0 Å². The minimum atomic E-state index is -0.925. The monoisotopic (exact) mass is 286 g/mol. The maximum atomic E-state index is 10.9. The molecule has 0 spiro atoms. The molecule has 0 saturated heterocycles. The molecular formula is C17H18O4. The van der Waals surface area contributed by atoms with Gasteiger partial charge < -0.3 is 14.6 Å². The van der Waals surface area contributed by atoms with Crippen molar-refractivity contribution in [2.75, 3.05) is 7.11 Å². The summed E-state index contributed by atoms with van der Waals surface area (Å²) in [6, 6.07) is 10.7. The summed E-state index contributed by atoms with van der Waals surface area (Å²) < 4.78 is 11.1. The number of aromatic carboxylic acids is 1. The Balaban J connectivity index is 2.15. The van der Waals surface area contributed by atoms with Gasteiger partial charge in [0.25, 0.3) is 0 Å². The second kappa shape index (κ2) is 6.31. The van der Waals surface area contributed by atoms with E-state index in [9.17, 15) is 4.79 Å². The third-order valence-electron chi connectivity index (χ3n) is 3.29. The zero-order valence-corrected chi connectivity index (χ0v) is 12.3. The summed E-state index contributed by atoms with van der Waals surface area (Å²) in [5, 5.41) is 8.95. The molecule has 21 heavy (non-hydrogen) atoms. The molecule has 0 amide bonds. The van der Waals surface area contributed by atoms with E-state index < -0.39 is 5.97 Å². The number of aryl methyl sites for hydroxylation is 2. The van der Waals surface area contributed by atoms with Crippen molar-refractivity contribution in [1.82, 2.24) is 0 Å². The van der Waals surface area contributed by atoms with Crippen molar-refractivity contribution >= 4 is 5.97 Å². The number of hydrogen-bond donors (Lipinski definition) is 1. The van der Waals surface area contributed by atoms with E-state index in [0.717, 1.165) is 16.7 Å². The lowest BCUT2D eigenvalue weighted by atomic mass is 10.1. The number of carboxylic acid groups (broad SMARTS) is 1. The maximum absolute atomic E-state index is 10.9. The number of rotatable bonds is 5.